The van der Waals surface area contributed by atoms with Crippen LogP contribution in [0.2, 0.25) is 0 Å². The van der Waals surface area contributed by atoms with Crippen LogP contribution in [0.4, 0.5) is 0 Å². The van der Waals surface area contributed by atoms with Crippen molar-refractivity contribution in [1.29, 1.82) is 5.26 Å². The molecule has 0 aliphatic carbocycles. The third kappa shape index (κ3) is 2.98. The van der Waals surface area contributed by atoms with E-state index < -0.39 is 0 Å². The van der Waals surface area contributed by atoms with Crippen LogP contribution < -0.4 is 5.32 Å². The highest BCUT2D eigenvalue weighted by Crippen LogP contribution is 2.20. The summed E-state index contributed by atoms with van der Waals surface area (Å²) in [5.74, 6) is 0. The number of benzene rings is 1. The summed E-state index contributed by atoms with van der Waals surface area (Å²) in [6.45, 7) is 3.50. The number of rotatable bonds is 1. The molecular weight excluding hydrogens is 212 g/mol. The summed E-state index contributed by atoms with van der Waals surface area (Å²) < 4.78 is 5.08. The third-order valence-electron chi connectivity index (χ3n) is 3.20. The lowest BCUT2D eigenvalue weighted by atomic mass is 10.0. The van der Waals surface area contributed by atoms with E-state index in [4.69, 9.17) is 9.68 Å². The third-order valence-corrected chi connectivity index (χ3v) is 3.20. The SMILES string of the molecule is CCC1CCCCN1.N#Cc1cc2ccc1o2. The van der Waals surface area contributed by atoms with E-state index in [0.717, 1.165) is 11.6 Å². The van der Waals surface area contributed by atoms with Crippen molar-refractivity contribution in [3.8, 4) is 6.07 Å². The maximum absolute atomic E-state index is 8.42. The number of fused-ring (bicyclic) bond motifs is 2. The monoisotopic (exact) mass is 230 g/mol. The predicted molar refractivity (Wildman–Crippen MR) is 68.0 cm³/mol. The molecule has 2 aromatic heterocycles. The smallest absolute Gasteiger partial charge is 0.145 e. The lowest BCUT2D eigenvalue weighted by Gasteiger charge is -2.21. The molecule has 1 aliphatic heterocycles. The molecular formula is C14H18N2O. The normalized spacial score (nSPS) is 19.6. The Kier molecular flexibility index (Phi) is 4.00. The van der Waals surface area contributed by atoms with Crippen LogP contribution in [0.1, 0.15) is 38.2 Å². The maximum atomic E-state index is 8.42. The molecule has 0 spiro atoms. The molecule has 0 amide bonds. The van der Waals surface area contributed by atoms with Gasteiger partial charge in [0, 0.05) is 12.1 Å². The molecule has 3 nitrogen and oxygen atoms in total. The van der Waals surface area contributed by atoms with Crippen LogP contribution in [0.3, 0.4) is 0 Å². The predicted octanol–water partition coefficient (Wildman–Crippen LogP) is 3.28. The van der Waals surface area contributed by atoms with E-state index in [9.17, 15) is 0 Å². The summed E-state index contributed by atoms with van der Waals surface area (Å²) >= 11 is 0. The van der Waals surface area contributed by atoms with Crippen molar-refractivity contribution in [1.82, 2.24) is 5.32 Å². The number of nitrogens with one attached hydrogen (secondary N) is 1. The fourth-order valence-corrected chi connectivity index (χ4v) is 2.15. The summed E-state index contributed by atoms with van der Waals surface area (Å²) in [5.41, 5.74) is 2.10. The molecule has 1 fully saturated rings. The molecule has 3 rings (SSSR count). The lowest BCUT2D eigenvalue weighted by molar-refractivity contribution is 0.393. The first-order chi connectivity index (χ1) is 8.33. The molecule has 3 heteroatoms. The van der Waals surface area contributed by atoms with Gasteiger partial charge >= 0.3 is 0 Å². The van der Waals surface area contributed by atoms with Crippen LogP contribution in [-0.4, -0.2) is 12.6 Å². The lowest BCUT2D eigenvalue weighted by Crippen LogP contribution is -2.32. The Morgan fingerprint density at radius 2 is 2.35 bits per heavy atom. The van der Waals surface area contributed by atoms with Gasteiger partial charge in [-0.1, -0.05) is 13.3 Å². The number of nitriles is 1. The number of hydrogen-bond donors (Lipinski definition) is 1. The minimum absolute atomic E-state index is 0.632. The molecule has 1 aliphatic rings. The van der Waals surface area contributed by atoms with Crippen molar-refractivity contribution < 1.29 is 4.42 Å². The fourth-order valence-electron chi connectivity index (χ4n) is 2.15. The maximum Gasteiger partial charge on any atom is 0.145 e. The molecule has 1 unspecified atom stereocenters. The molecule has 2 bridgehead atoms. The van der Waals surface area contributed by atoms with E-state index >= 15 is 0 Å². The van der Waals surface area contributed by atoms with Crippen LogP contribution in [0, 0.1) is 11.3 Å². The zero-order valence-corrected chi connectivity index (χ0v) is 10.2. The number of furan rings is 2. The van der Waals surface area contributed by atoms with Gasteiger partial charge in [0.1, 0.15) is 17.2 Å². The standard InChI is InChI=1S/C7H3NO.C7H15N/c8-4-5-3-6-1-2-7(5)9-6;1-2-7-5-3-4-6-8-7/h1-3H;7-8H,2-6H2,1H3. The van der Waals surface area contributed by atoms with E-state index in [0.29, 0.717) is 11.1 Å². The molecule has 0 saturated carbocycles. The zero-order valence-electron chi connectivity index (χ0n) is 10.2. The van der Waals surface area contributed by atoms with E-state index in [1.165, 1.54) is 32.2 Å². The molecule has 90 valence electrons. The molecule has 0 radical (unpaired) electrons. The van der Waals surface area contributed by atoms with Gasteiger partial charge in [-0.25, -0.2) is 0 Å². The Balaban J connectivity index is 0.000000128. The van der Waals surface area contributed by atoms with Crippen LogP contribution in [0.25, 0.3) is 11.2 Å². The second-order valence-corrected chi connectivity index (χ2v) is 4.43. The van der Waals surface area contributed by atoms with Crippen molar-refractivity contribution in [2.24, 2.45) is 0 Å². The molecule has 2 aromatic rings. The first-order valence-corrected chi connectivity index (χ1v) is 6.29. The summed E-state index contributed by atoms with van der Waals surface area (Å²) in [6, 6.07) is 8.23. The average molecular weight is 230 g/mol. The summed E-state index contributed by atoms with van der Waals surface area (Å²) in [4.78, 5) is 0. The molecule has 17 heavy (non-hydrogen) atoms. The van der Waals surface area contributed by atoms with E-state index in [1.807, 2.05) is 12.1 Å². The van der Waals surface area contributed by atoms with Crippen molar-refractivity contribution in [3.63, 3.8) is 0 Å². The quantitative estimate of drug-likeness (QED) is 0.817. The summed E-state index contributed by atoms with van der Waals surface area (Å²) in [5, 5.41) is 11.9. The minimum atomic E-state index is 0.632. The highest BCUT2D eigenvalue weighted by molar-refractivity contribution is 5.69. The molecule has 0 aromatic carbocycles. The Labute approximate surface area is 102 Å². The molecule has 1 atom stereocenters. The van der Waals surface area contributed by atoms with Crippen LogP contribution >= 0.6 is 0 Å². The number of hydrogen-bond acceptors (Lipinski definition) is 3. The number of nitrogens with zero attached hydrogens (tertiary/aromatic N) is 1. The van der Waals surface area contributed by atoms with Crippen LogP contribution in [-0.2, 0) is 0 Å². The minimum Gasteiger partial charge on any atom is -0.456 e. The number of piperidine rings is 1. The van der Waals surface area contributed by atoms with Crippen LogP contribution in [0.15, 0.2) is 22.6 Å². The molecule has 1 N–H and O–H groups in total. The Morgan fingerprint density at radius 3 is 2.71 bits per heavy atom. The van der Waals surface area contributed by atoms with Gasteiger partial charge in [-0.2, -0.15) is 5.26 Å². The van der Waals surface area contributed by atoms with E-state index in [-0.39, 0.29) is 0 Å². The Morgan fingerprint density at radius 1 is 1.47 bits per heavy atom. The van der Waals surface area contributed by atoms with Gasteiger partial charge in [0.05, 0.1) is 5.56 Å². The van der Waals surface area contributed by atoms with Crippen molar-refractivity contribution in [3.05, 3.63) is 23.8 Å². The fraction of sp³-hybridized carbons (Fsp3) is 0.500. The van der Waals surface area contributed by atoms with E-state index in [1.54, 1.807) is 12.1 Å². The summed E-state index contributed by atoms with van der Waals surface area (Å²) in [6.07, 6.45) is 5.53. The second kappa shape index (κ2) is 5.70. The van der Waals surface area contributed by atoms with Gasteiger partial charge in [-0.3, -0.25) is 0 Å². The van der Waals surface area contributed by atoms with Gasteiger partial charge in [0.25, 0.3) is 0 Å². The topological polar surface area (TPSA) is 49.0 Å². The van der Waals surface area contributed by atoms with Gasteiger partial charge < -0.3 is 9.73 Å². The van der Waals surface area contributed by atoms with Gasteiger partial charge in [-0.15, -0.1) is 0 Å². The Hall–Kier alpha value is -1.53. The zero-order chi connectivity index (χ0) is 12.1. The molecule has 3 heterocycles. The van der Waals surface area contributed by atoms with E-state index in [2.05, 4.69) is 12.2 Å². The molecule has 1 saturated heterocycles. The largest absolute Gasteiger partial charge is 0.456 e. The van der Waals surface area contributed by atoms with Crippen molar-refractivity contribution in [2.75, 3.05) is 6.54 Å². The summed E-state index contributed by atoms with van der Waals surface area (Å²) in [7, 11) is 0. The van der Waals surface area contributed by atoms with Crippen LogP contribution in [0.5, 0.6) is 0 Å². The second-order valence-electron chi connectivity index (χ2n) is 4.43. The average Bonchev–Trinajstić information content (AvgIpc) is 3.02. The first kappa shape index (κ1) is 11.9. The van der Waals surface area contributed by atoms with Crippen molar-refractivity contribution >= 4 is 11.2 Å². The van der Waals surface area contributed by atoms with Gasteiger partial charge in [0.2, 0.25) is 0 Å². The highest BCUT2D eigenvalue weighted by atomic mass is 16.3. The van der Waals surface area contributed by atoms with Crippen molar-refractivity contribution in [2.45, 2.75) is 38.6 Å². The Bertz CT molecular complexity index is 477. The van der Waals surface area contributed by atoms with Gasteiger partial charge in [0.15, 0.2) is 0 Å². The first-order valence-electron chi connectivity index (χ1n) is 6.29. The van der Waals surface area contributed by atoms with Gasteiger partial charge in [-0.05, 0) is 37.9 Å². The highest BCUT2D eigenvalue weighted by Gasteiger charge is 2.08.